The zero-order valence-corrected chi connectivity index (χ0v) is 7.04. The lowest BCUT2D eigenvalue weighted by Crippen LogP contribution is -2.28. The molecule has 0 radical (unpaired) electrons. The monoisotopic (exact) mass is 174 g/mol. The lowest BCUT2D eigenvalue weighted by Gasteiger charge is -2.19. The van der Waals surface area contributed by atoms with Crippen LogP contribution in [0.2, 0.25) is 0 Å². The predicted molar refractivity (Wildman–Crippen MR) is 50.6 cm³/mol. The predicted octanol–water partition coefficient (Wildman–Crippen LogP) is 1.77. The maximum Gasteiger partial charge on any atom is 0.153 e. The molecule has 0 bridgehead atoms. The van der Waals surface area contributed by atoms with Crippen LogP contribution in [0, 0.1) is 0 Å². The van der Waals surface area contributed by atoms with Crippen molar-refractivity contribution in [1.82, 2.24) is 4.98 Å². The Labute approximate surface area is 76.6 Å². The minimum atomic E-state index is -0.0881. The first-order chi connectivity index (χ1) is 6.38. The molecule has 13 heavy (non-hydrogen) atoms. The van der Waals surface area contributed by atoms with Gasteiger partial charge >= 0.3 is 0 Å². The van der Waals surface area contributed by atoms with E-state index in [4.69, 9.17) is 0 Å². The van der Waals surface area contributed by atoms with Gasteiger partial charge in [0.05, 0.1) is 6.04 Å². The van der Waals surface area contributed by atoms with E-state index in [9.17, 15) is 5.21 Å². The van der Waals surface area contributed by atoms with E-state index >= 15 is 0 Å². The van der Waals surface area contributed by atoms with Crippen molar-refractivity contribution in [3.8, 4) is 0 Å². The Hall–Kier alpha value is -1.61. The van der Waals surface area contributed by atoms with E-state index < -0.39 is 0 Å². The van der Waals surface area contributed by atoms with Gasteiger partial charge in [0.15, 0.2) is 5.82 Å². The van der Waals surface area contributed by atoms with E-state index in [1.54, 1.807) is 12.3 Å². The Morgan fingerprint density at radius 3 is 2.62 bits per heavy atom. The second kappa shape index (κ2) is 3.41. The second-order valence-electron chi connectivity index (χ2n) is 2.79. The van der Waals surface area contributed by atoms with Crippen molar-refractivity contribution in [3.05, 3.63) is 48.7 Å². The van der Waals surface area contributed by atoms with E-state index in [0.717, 1.165) is 5.06 Å². The molecule has 1 aromatic heterocycles. The van der Waals surface area contributed by atoms with Crippen LogP contribution >= 0.6 is 0 Å². The third kappa shape index (κ3) is 1.60. The summed E-state index contributed by atoms with van der Waals surface area (Å²) in [4.78, 5) is 4.03. The van der Waals surface area contributed by atoms with E-state index in [1.165, 1.54) is 0 Å². The highest BCUT2D eigenvalue weighted by Crippen LogP contribution is 2.14. The molecule has 66 valence electrons. The van der Waals surface area contributed by atoms with E-state index in [0.29, 0.717) is 5.82 Å². The van der Waals surface area contributed by atoms with Gasteiger partial charge in [0.25, 0.3) is 0 Å². The number of hydroxylamine groups is 1. The molecule has 0 amide bonds. The van der Waals surface area contributed by atoms with Gasteiger partial charge in [-0.25, -0.2) is 10.0 Å². The highest BCUT2D eigenvalue weighted by Gasteiger charge is 2.13. The molecule has 0 aromatic carbocycles. The molecule has 1 aliphatic carbocycles. The Bertz CT molecular complexity index is 320. The molecule has 0 saturated heterocycles. The number of hydrogen-bond acceptors (Lipinski definition) is 3. The van der Waals surface area contributed by atoms with Crippen LogP contribution in [0.1, 0.15) is 0 Å². The fraction of sp³-hybridized carbons (Fsp3) is 0.100. The molecule has 1 heterocycles. The highest BCUT2D eigenvalue weighted by atomic mass is 16.5. The molecule has 0 spiro atoms. The normalized spacial score (nSPS) is 15.2. The average molecular weight is 174 g/mol. The van der Waals surface area contributed by atoms with Crippen LogP contribution < -0.4 is 5.06 Å². The maximum atomic E-state index is 9.69. The van der Waals surface area contributed by atoms with Gasteiger partial charge in [0.1, 0.15) is 0 Å². The van der Waals surface area contributed by atoms with Crippen molar-refractivity contribution in [1.29, 1.82) is 0 Å². The lowest BCUT2D eigenvalue weighted by atomic mass is 10.3. The van der Waals surface area contributed by atoms with E-state index in [1.807, 2.05) is 36.4 Å². The number of anilines is 1. The average Bonchev–Trinajstić information content (AvgIpc) is 2.71. The summed E-state index contributed by atoms with van der Waals surface area (Å²) in [6.45, 7) is 0. The van der Waals surface area contributed by atoms with Crippen molar-refractivity contribution < 1.29 is 5.21 Å². The van der Waals surface area contributed by atoms with Crippen LogP contribution in [-0.4, -0.2) is 16.2 Å². The summed E-state index contributed by atoms with van der Waals surface area (Å²) in [6, 6.07) is 5.33. The molecule has 1 N–H and O–H groups in total. The number of aromatic nitrogens is 1. The summed E-state index contributed by atoms with van der Waals surface area (Å²) in [6.07, 6.45) is 9.25. The van der Waals surface area contributed by atoms with Gasteiger partial charge in [-0.3, -0.25) is 5.21 Å². The van der Waals surface area contributed by atoms with Crippen LogP contribution in [0.3, 0.4) is 0 Å². The van der Waals surface area contributed by atoms with Crippen LogP contribution in [0.15, 0.2) is 48.7 Å². The van der Waals surface area contributed by atoms with Crippen molar-refractivity contribution in [2.24, 2.45) is 0 Å². The van der Waals surface area contributed by atoms with Crippen molar-refractivity contribution in [2.75, 3.05) is 5.06 Å². The third-order valence-electron chi connectivity index (χ3n) is 1.89. The standard InChI is InChI=1S/C10H10N2O/c13-12(9-5-1-2-6-9)10-7-3-4-8-11-10/h1-9,13H. The Kier molecular flexibility index (Phi) is 2.10. The van der Waals surface area contributed by atoms with Crippen molar-refractivity contribution in [3.63, 3.8) is 0 Å². The van der Waals surface area contributed by atoms with Gasteiger partial charge in [0.2, 0.25) is 0 Å². The Morgan fingerprint density at radius 1 is 1.23 bits per heavy atom. The molecule has 0 aliphatic heterocycles. The summed E-state index contributed by atoms with van der Waals surface area (Å²) in [7, 11) is 0. The van der Waals surface area contributed by atoms with Gasteiger partial charge in [-0.05, 0) is 12.1 Å². The zero-order chi connectivity index (χ0) is 9.10. The summed E-state index contributed by atoms with van der Waals surface area (Å²) in [5.41, 5.74) is 0. The molecule has 0 saturated carbocycles. The van der Waals surface area contributed by atoms with E-state index in [2.05, 4.69) is 4.98 Å². The molecule has 1 aliphatic rings. The second-order valence-corrected chi connectivity index (χ2v) is 2.79. The number of pyridine rings is 1. The zero-order valence-electron chi connectivity index (χ0n) is 7.04. The first kappa shape index (κ1) is 8.01. The molecule has 0 fully saturated rings. The van der Waals surface area contributed by atoms with Gasteiger partial charge in [-0.1, -0.05) is 30.4 Å². The highest BCUT2D eigenvalue weighted by molar-refractivity contribution is 5.41. The minimum absolute atomic E-state index is 0.0881. The fourth-order valence-electron chi connectivity index (χ4n) is 1.23. The number of hydrogen-bond donors (Lipinski definition) is 1. The summed E-state index contributed by atoms with van der Waals surface area (Å²) >= 11 is 0. The Morgan fingerprint density at radius 2 is 2.00 bits per heavy atom. The molecule has 1 aromatic rings. The molecule has 3 nitrogen and oxygen atoms in total. The van der Waals surface area contributed by atoms with Gasteiger partial charge in [-0.2, -0.15) is 0 Å². The van der Waals surface area contributed by atoms with Crippen LogP contribution in [0.5, 0.6) is 0 Å². The summed E-state index contributed by atoms with van der Waals surface area (Å²) in [5.74, 6) is 0.559. The third-order valence-corrected chi connectivity index (χ3v) is 1.89. The van der Waals surface area contributed by atoms with Crippen molar-refractivity contribution >= 4 is 5.82 Å². The molecule has 0 atom stereocenters. The van der Waals surface area contributed by atoms with Crippen LogP contribution in [-0.2, 0) is 0 Å². The van der Waals surface area contributed by atoms with Gasteiger partial charge in [-0.15, -0.1) is 0 Å². The smallest absolute Gasteiger partial charge is 0.153 e. The summed E-state index contributed by atoms with van der Waals surface area (Å²) in [5, 5.41) is 10.8. The SMILES string of the molecule is ON(c1ccccn1)C1C=CC=C1. The van der Waals surface area contributed by atoms with Gasteiger partial charge in [0, 0.05) is 6.20 Å². The van der Waals surface area contributed by atoms with Gasteiger partial charge < -0.3 is 0 Å². The topological polar surface area (TPSA) is 36.4 Å². The molecular weight excluding hydrogens is 164 g/mol. The quantitative estimate of drug-likeness (QED) is 0.694. The first-order valence-electron chi connectivity index (χ1n) is 4.12. The van der Waals surface area contributed by atoms with Crippen LogP contribution in [0.4, 0.5) is 5.82 Å². The summed E-state index contributed by atoms with van der Waals surface area (Å²) < 4.78 is 0. The molecule has 3 heteroatoms. The largest absolute Gasteiger partial charge is 0.286 e. The molecule has 2 rings (SSSR count). The molecule has 0 unspecified atom stereocenters. The molecular formula is C10H10N2O. The fourth-order valence-corrected chi connectivity index (χ4v) is 1.23. The minimum Gasteiger partial charge on any atom is -0.286 e. The van der Waals surface area contributed by atoms with E-state index in [-0.39, 0.29) is 6.04 Å². The van der Waals surface area contributed by atoms with Crippen molar-refractivity contribution in [2.45, 2.75) is 6.04 Å². The maximum absolute atomic E-state index is 9.69. The number of rotatable bonds is 2. The number of allylic oxidation sites excluding steroid dienone is 2. The van der Waals surface area contributed by atoms with Crippen LogP contribution in [0.25, 0.3) is 0 Å². The Balaban J connectivity index is 2.18. The lowest BCUT2D eigenvalue weighted by molar-refractivity contribution is 0.244. The first-order valence-corrected chi connectivity index (χ1v) is 4.12. The number of nitrogens with zero attached hydrogens (tertiary/aromatic N) is 2.